The van der Waals surface area contributed by atoms with E-state index in [1.165, 1.54) is 0 Å². The standard InChI is InChI=1S/C15H12O2/c1-9-5-4-8-12-13(9)15(17)11-7-3-2-6-10(11)14(12)16/h2-8,12-13H,1H3. The average molecular weight is 224 g/mol. The van der Waals surface area contributed by atoms with E-state index in [1.54, 1.807) is 18.2 Å². The quantitative estimate of drug-likeness (QED) is 0.679. The van der Waals surface area contributed by atoms with Gasteiger partial charge < -0.3 is 0 Å². The maximum atomic E-state index is 12.4. The second kappa shape index (κ2) is 3.52. The molecule has 2 unspecified atom stereocenters. The van der Waals surface area contributed by atoms with E-state index in [-0.39, 0.29) is 23.4 Å². The van der Waals surface area contributed by atoms with Gasteiger partial charge in [-0.05, 0) is 6.92 Å². The van der Waals surface area contributed by atoms with Gasteiger partial charge in [-0.2, -0.15) is 0 Å². The summed E-state index contributed by atoms with van der Waals surface area (Å²) in [6.45, 7) is 1.92. The van der Waals surface area contributed by atoms with Crippen LogP contribution in [0.15, 0.2) is 48.1 Å². The van der Waals surface area contributed by atoms with Crippen molar-refractivity contribution in [1.29, 1.82) is 0 Å². The van der Waals surface area contributed by atoms with Crippen LogP contribution in [0.4, 0.5) is 0 Å². The number of hydrogen-bond donors (Lipinski definition) is 0. The minimum Gasteiger partial charge on any atom is -0.293 e. The first-order valence-corrected chi connectivity index (χ1v) is 5.72. The maximum Gasteiger partial charge on any atom is 0.171 e. The molecule has 0 heterocycles. The summed E-state index contributed by atoms with van der Waals surface area (Å²) in [6.07, 6.45) is 5.63. The number of fused-ring (bicyclic) bond motifs is 2. The first-order valence-electron chi connectivity index (χ1n) is 5.72. The molecule has 1 aromatic carbocycles. The lowest BCUT2D eigenvalue weighted by atomic mass is 9.69. The summed E-state index contributed by atoms with van der Waals surface area (Å²) in [5.74, 6) is -0.456. The van der Waals surface area contributed by atoms with Crippen LogP contribution < -0.4 is 0 Å². The van der Waals surface area contributed by atoms with Crippen LogP contribution in [-0.4, -0.2) is 11.6 Å². The van der Waals surface area contributed by atoms with Crippen molar-refractivity contribution in [2.24, 2.45) is 11.8 Å². The van der Waals surface area contributed by atoms with Gasteiger partial charge in [0.25, 0.3) is 0 Å². The summed E-state index contributed by atoms with van der Waals surface area (Å²) in [5, 5.41) is 0. The summed E-state index contributed by atoms with van der Waals surface area (Å²) in [4.78, 5) is 24.7. The summed E-state index contributed by atoms with van der Waals surface area (Å²) in [6, 6.07) is 7.10. The van der Waals surface area contributed by atoms with Crippen LogP contribution in [-0.2, 0) is 0 Å². The molecule has 0 radical (unpaired) electrons. The molecular formula is C15H12O2. The molecule has 0 saturated carbocycles. The Labute approximate surface area is 99.6 Å². The topological polar surface area (TPSA) is 34.1 Å². The van der Waals surface area contributed by atoms with Gasteiger partial charge in [0.05, 0.1) is 11.8 Å². The number of allylic oxidation sites excluding steroid dienone is 4. The number of carbonyl (C=O) groups excluding carboxylic acids is 2. The summed E-state index contributed by atoms with van der Waals surface area (Å²) < 4.78 is 0. The Morgan fingerprint density at radius 3 is 2.35 bits per heavy atom. The second-order valence-electron chi connectivity index (χ2n) is 4.57. The lowest BCUT2D eigenvalue weighted by Crippen LogP contribution is -2.37. The Hall–Kier alpha value is -1.96. The monoisotopic (exact) mass is 224 g/mol. The zero-order valence-corrected chi connectivity index (χ0v) is 9.51. The molecule has 0 saturated heterocycles. The van der Waals surface area contributed by atoms with Crippen molar-refractivity contribution in [2.75, 3.05) is 0 Å². The van der Waals surface area contributed by atoms with E-state index < -0.39 is 0 Å². The van der Waals surface area contributed by atoms with Gasteiger partial charge in [0.2, 0.25) is 0 Å². The predicted molar refractivity (Wildman–Crippen MR) is 65.0 cm³/mol. The van der Waals surface area contributed by atoms with Crippen molar-refractivity contribution in [2.45, 2.75) is 6.92 Å². The van der Waals surface area contributed by atoms with Crippen molar-refractivity contribution < 1.29 is 9.59 Å². The molecule has 2 aliphatic rings. The molecule has 0 aromatic heterocycles. The number of hydrogen-bond acceptors (Lipinski definition) is 2. The molecule has 0 aliphatic heterocycles. The Morgan fingerprint density at radius 1 is 1.00 bits per heavy atom. The molecule has 0 N–H and O–H groups in total. The first kappa shape index (κ1) is 10.2. The zero-order valence-electron chi connectivity index (χ0n) is 9.51. The number of benzene rings is 1. The van der Waals surface area contributed by atoms with Gasteiger partial charge in [-0.25, -0.2) is 0 Å². The Balaban J connectivity index is 2.22. The third-order valence-electron chi connectivity index (χ3n) is 3.57. The van der Waals surface area contributed by atoms with Crippen molar-refractivity contribution in [3.63, 3.8) is 0 Å². The highest BCUT2D eigenvalue weighted by Crippen LogP contribution is 2.37. The Kier molecular flexibility index (Phi) is 2.11. The van der Waals surface area contributed by atoms with Gasteiger partial charge in [-0.15, -0.1) is 0 Å². The number of ketones is 2. The van der Waals surface area contributed by atoms with Crippen LogP contribution in [0.25, 0.3) is 0 Å². The van der Waals surface area contributed by atoms with Gasteiger partial charge in [0.15, 0.2) is 11.6 Å². The van der Waals surface area contributed by atoms with E-state index in [0.29, 0.717) is 11.1 Å². The minimum absolute atomic E-state index is 0.0638. The number of rotatable bonds is 0. The summed E-state index contributed by atoms with van der Waals surface area (Å²) in [5.41, 5.74) is 2.12. The summed E-state index contributed by atoms with van der Waals surface area (Å²) in [7, 11) is 0. The molecule has 17 heavy (non-hydrogen) atoms. The van der Waals surface area contributed by atoms with Crippen LogP contribution in [0.3, 0.4) is 0 Å². The van der Waals surface area contributed by atoms with Crippen molar-refractivity contribution in [3.05, 3.63) is 59.2 Å². The average Bonchev–Trinajstić information content (AvgIpc) is 2.36. The highest BCUT2D eigenvalue weighted by atomic mass is 16.1. The zero-order chi connectivity index (χ0) is 12.0. The van der Waals surface area contributed by atoms with Crippen LogP contribution >= 0.6 is 0 Å². The van der Waals surface area contributed by atoms with Crippen molar-refractivity contribution in [3.8, 4) is 0 Å². The molecule has 0 spiro atoms. The normalized spacial score (nSPS) is 26.3. The molecule has 2 aliphatic carbocycles. The molecule has 1 aromatic rings. The van der Waals surface area contributed by atoms with Gasteiger partial charge in [0.1, 0.15) is 0 Å². The third-order valence-corrected chi connectivity index (χ3v) is 3.57. The van der Waals surface area contributed by atoms with Gasteiger partial charge in [0, 0.05) is 11.1 Å². The predicted octanol–water partition coefficient (Wildman–Crippen LogP) is 2.81. The fourth-order valence-corrected chi connectivity index (χ4v) is 2.69. The van der Waals surface area contributed by atoms with E-state index in [2.05, 4.69) is 0 Å². The maximum absolute atomic E-state index is 12.4. The van der Waals surface area contributed by atoms with Gasteiger partial charge >= 0.3 is 0 Å². The molecule has 0 fully saturated rings. The molecule has 0 bridgehead atoms. The highest BCUT2D eigenvalue weighted by Gasteiger charge is 2.41. The third kappa shape index (κ3) is 1.34. The molecule has 2 atom stereocenters. The molecular weight excluding hydrogens is 212 g/mol. The molecule has 84 valence electrons. The van der Waals surface area contributed by atoms with Crippen LogP contribution in [0.5, 0.6) is 0 Å². The lowest BCUT2D eigenvalue weighted by Gasteiger charge is -2.31. The molecule has 2 nitrogen and oxygen atoms in total. The lowest BCUT2D eigenvalue weighted by molar-refractivity contribution is 0.0794. The first-order chi connectivity index (χ1) is 8.20. The Morgan fingerprint density at radius 2 is 1.65 bits per heavy atom. The molecule has 0 amide bonds. The largest absolute Gasteiger partial charge is 0.293 e. The van der Waals surface area contributed by atoms with Crippen LogP contribution in [0.2, 0.25) is 0 Å². The minimum atomic E-state index is -0.303. The fourth-order valence-electron chi connectivity index (χ4n) is 2.69. The van der Waals surface area contributed by atoms with E-state index in [1.807, 2.05) is 31.2 Å². The highest BCUT2D eigenvalue weighted by molar-refractivity contribution is 6.17. The van der Waals surface area contributed by atoms with E-state index >= 15 is 0 Å². The second-order valence-corrected chi connectivity index (χ2v) is 4.57. The number of Topliss-reactive ketones (excluding diaryl/α,β-unsaturated/α-hetero) is 2. The van der Waals surface area contributed by atoms with Crippen molar-refractivity contribution >= 4 is 11.6 Å². The smallest absolute Gasteiger partial charge is 0.171 e. The van der Waals surface area contributed by atoms with Gasteiger partial charge in [-0.1, -0.05) is 48.1 Å². The van der Waals surface area contributed by atoms with Crippen LogP contribution in [0.1, 0.15) is 27.6 Å². The van der Waals surface area contributed by atoms with Crippen molar-refractivity contribution in [1.82, 2.24) is 0 Å². The SMILES string of the molecule is CC1=CC=CC2C(=O)c3ccccc3C(=O)C12. The summed E-state index contributed by atoms with van der Waals surface area (Å²) >= 11 is 0. The van der Waals surface area contributed by atoms with Crippen LogP contribution in [0, 0.1) is 11.8 Å². The van der Waals surface area contributed by atoms with E-state index in [4.69, 9.17) is 0 Å². The fraction of sp³-hybridized carbons (Fsp3) is 0.200. The van der Waals surface area contributed by atoms with E-state index in [9.17, 15) is 9.59 Å². The Bertz CT molecular complexity index is 578. The van der Waals surface area contributed by atoms with Gasteiger partial charge in [-0.3, -0.25) is 9.59 Å². The number of carbonyl (C=O) groups is 2. The molecule has 3 rings (SSSR count). The molecule has 2 heteroatoms. The van der Waals surface area contributed by atoms with E-state index in [0.717, 1.165) is 5.57 Å².